The molecule has 1 aromatic carbocycles. The van der Waals surface area contributed by atoms with Crippen molar-refractivity contribution in [3.05, 3.63) is 35.9 Å². The standard InChI is InChI=1S/C14H20N2O2/c17-13(11-5-2-1-3-6-11)10-16-14(18)12-7-4-8-15-9-12/h1-3,5-6,12-13,15,17H,4,7-10H2,(H,16,18)/t12?,13-/m0/s1. The number of amides is 1. The van der Waals surface area contributed by atoms with E-state index < -0.39 is 6.10 Å². The molecule has 4 heteroatoms. The molecule has 18 heavy (non-hydrogen) atoms. The van der Waals surface area contributed by atoms with Crippen LogP contribution in [0, 0.1) is 5.92 Å². The second-order valence-electron chi connectivity index (χ2n) is 4.71. The van der Waals surface area contributed by atoms with E-state index >= 15 is 0 Å². The van der Waals surface area contributed by atoms with E-state index in [4.69, 9.17) is 0 Å². The van der Waals surface area contributed by atoms with Gasteiger partial charge in [-0.1, -0.05) is 30.3 Å². The Morgan fingerprint density at radius 2 is 2.22 bits per heavy atom. The van der Waals surface area contributed by atoms with Crippen LogP contribution in [0.15, 0.2) is 30.3 Å². The third-order valence-electron chi connectivity index (χ3n) is 3.32. The highest BCUT2D eigenvalue weighted by Gasteiger charge is 2.21. The summed E-state index contributed by atoms with van der Waals surface area (Å²) in [5.74, 6) is 0.0823. The fraction of sp³-hybridized carbons (Fsp3) is 0.500. The van der Waals surface area contributed by atoms with Crippen molar-refractivity contribution < 1.29 is 9.90 Å². The predicted molar refractivity (Wildman–Crippen MR) is 70.0 cm³/mol. The Hall–Kier alpha value is -1.39. The molecule has 2 rings (SSSR count). The fourth-order valence-corrected chi connectivity index (χ4v) is 2.21. The molecule has 0 bridgehead atoms. The minimum absolute atomic E-state index is 0.0391. The minimum atomic E-state index is -0.633. The largest absolute Gasteiger partial charge is 0.387 e. The number of aliphatic hydroxyl groups is 1. The van der Waals surface area contributed by atoms with Crippen LogP contribution in [-0.2, 0) is 4.79 Å². The summed E-state index contributed by atoms with van der Waals surface area (Å²) in [5, 5.41) is 16.0. The van der Waals surface area contributed by atoms with Crippen LogP contribution in [0.5, 0.6) is 0 Å². The molecule has 0 aliphatic carbocycles. The van der Waals surface area contributed by atoms with Crippen molar-refractivity contribution in [1.82, 2.24) is 10.6 Å². The highest BCUT2D eigenvalue weighted by molar-refractivity contribution is 5.79. The summed E-state index contributed by atoms with van der Waals surface area (Å²) in [6.07, 6.45) is 1.34. The van der Waals surface area contributed by atoms with Gasteiger partial charge in [0.1, 0.15) is 0 Å². The summed E-state index contributed by atoms with van der Waals surface area (Å²) < 4.78 is 0. The number of carbonyl (C=O) groups is 1. The monoisotopic (exact) mass is 248 g/mol. The average Bonchev–Trinajstić information content (AvgIpc) is 2.46. The second kappa shape index (κ2) is 6.52. The van der Waals surface area contributed by atoms with Crippen LogP contribution < -0.4 is 10.6 Å². The maximum absolute atomic E-state index is 11.9. The molecule has 1 aromatic rings. The van der Waals surface area contributed by atoms with E-state index in [0.717, 1.165) is 31.5 Å². The van der Waals surface area contributed by atoms with E-state index in [2.05, 4.69) is 10.6 Å². The van der Waals surface area contributed by atoms with Crippen LogP contribution in [0.2, 0.25) is 0 Å². The third kappa shape index (κ3) is 3.55. The number of aliphatic hydroxyl groups excluding tert-OH is 1. The lowest BCUT2D eigenvalue weighted by molar-refractivity contribution is -0.125. The van der Waals surface area contributed by atoms with Gasteiger partial charge in [-0.05, 0) is 24.9 Å². The van der Waals surface area contributed by atoms with Crippen LogP contribution in [0.3, 0.4) is 0 Å². The molecular weight excluding hydrogens is 228 g/mol. The Morgan fingerprint density at radius 1 is 1.44 bits per heavy atom. The molecular formula is C14H20N2O2. The zero-order valence-electron chi connectivity index (χ0n) is 10.4. The summed E-state index contributed by atoms with van der Waals surface area (Å²) >= 11 is 0. The van der Waals surface area contributed by atoms with Crippen molar-refractivity contribution in [2.24, 2.45) is 5.92 Å². The van der Waals surface area contributed by atoms with Crippen molar-refractivity contribution >= 4 is 5.91 Å². The number of benzene rings is 1. The van der Waals surface area contributed by atoms with Crippen molar-refractivity contribution in [3.63, 3.8) is 0 Å². The minimum Gasteiger partial charge on any atom is -0.387 e. The molecule has 4 nitrogen and oxygen atoms in total. The van der Waals surface area contributed by atoms with E-state index in [1.807, 2.05) is 30.3 Å². The van der Waals surface area contributed by atoms with E-state index in [9.17, 15) is 9.90 Å². The molecule has 1 saturated heterocycles. The van der Waals surface area contributed by atoms with Gasteiger partial charge in [0.05, 0.1) is 12.0 Å². The molecule has 98 valence electrons. The zero-order chi connectivity index (χ0) is 12.8. The first kappa shape index (κ1) is 13.1. The van der Waals surface area contributed by atoms with Crippen LogP contribution in [0.4, 0.5) is 0 Å². The van der Waals surface area contributed by atoms with Crippen LogP contribution in [0.1, 0.15) is 24.5 Å². The Labute approximate surface area is 107 Å². The lowest BCUT2D eigenvalue weighted by atomic mass is 9.98. The van der Waals surface area contributed by atoms with Crippen LogP contribution in [-0.4, -0.2) is 30.6 Å². The maximum atomic E-state index is 11.9. The molecule has 2 atom stereocenters. The van der Waals surface area contributed by atoms with Gasteiger partial charge in [-0.3, -0.25) is 4.79 Å². The number of nitrogens with one attached hydrogen (secondary N) is 2. The molecule has 1 aliphatic rings. The van der Waals surface area contributed by atoms with Crippen LogP contribution >= 0.6 is 0 Å². The second-order valence-corrected chi connectivity index (χ2v) is 4.71. The Balaban J connectivity index is 1.78. The van der Waals surface area contributed by atoms with E-state index in [1.54, 1.807) is 0 Å². The maximum Gasteiger partial charge on any atom is 0.224 e. The third-order valence-corrected chi connectivity index (χ3v) is 3.32. The molecule has 0 spiro atoms. The normalized spacial score (nSPS) is 21.3. The van der Waals surface area contributed by atoms with E-state index in [1.165, 1.54) is 0 Å². The summed E-state index contributed by atoms with van der Waals surface area (Å²) in [6.45, 7) is 2.02. The number of piperidine rings is 1. The van der Waals surface area contributed by atoms with Gasteiger partial charge in [0, 0.05) is 13.1 Å². The molecule has 1 heterocycles. The van der Waals surface area contributed by atoms with Crippen LogP contribution in [0.25, 0.3) is 0 Å². The molecule has 0 saturated carbocycles. The van der Waals surface area contributed by atoms with Crippen molar-refractivity contribution in [2.45, 2.75) is 18.9 Å². The summed E-state index contributed by atoms with van der Waals surface area (Å²) in [5.41, 5.74) is 0.833. The van der Waals surface area contributed by atoms with Crippen molar-refractivity contribution in [1.29, 1.82) is 0 Å². The summed E-state index contributed by atoms with van der Waals surface area (Å²) in [7, 11) is 0. The first-order valence-corrected chi connectivity index (χ1v) is 6.49. The number of hydrogen-bond acceptors (Lipinski definition) is 3. The zero-order valence-corrected chi connectivity index (χ0v) is 10.4. The topological polar surface area (TPSA) is 61.4 Å². The smallest absolute Gasteiger partial charge is 0.224 e. The molecule has 1 amide bonds. The lowest BCUT2D eigenvalue weighted by Crippen LogP contribution is -2.41. The SMILES string of the molecule is O=C(NC[C@H](O)c1ccccc1)C1CCCNC1. The van der Waals surface area contributed by atoms with Gasteiger partial charge < -0.3 is 15.7 Å². The molecule has 3 N–H and O–H groups in total. The van der Waals surface area contributed by atoms with Gasteiger partial charge in [0.25, 0.3) is 0 Å². The average molecular weight is 248 g/mol. The number of rotatable bonds is 4. The molecule has 1 fully saturated rings. The molecule has 0 aromatic heterocycles. The van der Waals surface area contributed by atoms with E-state index in [-0.39, 0.29) is 18.4 Å². The fourth-order valence-electron chi connectivity index (χ4n) is 2.21. The van der Waals surface area contributed by atoms with Gasteiger partial charge in [0.15, 0.2) is 0 Å². The molecule has 0 radical (unpaired) electrons. The highest BCUT2D eigenvalue weighted by atomic mass is 16.3. The quantitative estimate of drug-likeness (QED) is 0.740. The Kier molecular flexibility index (Phi) is 4.73. The summed E-state index contributed by atoms with van der Waals surface area (Å²) in [4.78, 5) is 11.9. The predicted octanol–water partition coefficient (Wildman–Crippen LogP) is 0.836. The van der Waals surface area contributed by atoms with Gasteiger partial charge in [0.2, 0.25) is 5.91 Å². The van der Waals surface area contributed by atoms with E-state index in [0.29, 0.717) is 0 Å². The molecule has 1 unspecified atom stereocenters. The number of hydrogen-bond donors (Lipinski definition) is 3. The summed E-state index contributed by atoms with van der Waals surface area (Å²) in [6, 6.07) is 9.39. The van der Waals surface area contributed by atoms with Crippen molar-refractivity contribution in [2.75, 3.05) is 19.6 Å². The first-order chi connectivity index (χ1) is 8.77. The Morgan fingerprint density at radius 3 is 2.89 bits per heavy atom. The highest BCUT2D eigenvalue weighted by Crippen LogP contribution is 2.12. The van der Waals surface area contributed by atoms with Gasteiger partial charge in [-0.25, -0.2) is 0 Å². The molecule has 1 aliphatic heterocycles. The number of carbonyl (C=O) groups excluding carboxylic acids is 1. The Bertz CT molecular complexity index is 375. The van der Waals surface area contributed by atoms with Crippen molar-refractivity contribution in [3.8, 4) is 0 Å². The van der Waals surface area contributed by atoms with Gasteiger partial charge in [-0.2, -0.15) is 0 Å². The lowest BCUT2D eigenvalue weighted by Gasteiger charge is -2.22. The first-order valence-electron chi connectivity index (χ1n) is 6.49. The van der Waals surface area contributed by atoms with Gasteiger partial charge >= 0.3 is 0 Å². The van der Waals surface area contributed by atoms with Gasteiger partial charge in [-0.15, -0.1) is 0 Å².